The van der Waals surface area contributed by atoms with Gasteiger partial charge in [0.2, 0.25) is 0 Å². The summed E-state index contributed by atoms with van der Waals surface area (Å²) in [6.45, 7) is 9.23. The molecule has 0 aliphatic heterocycles. The van der Waals surface area contributed by atoms with E-state index < -0.39 is 0 Å². The van der Waals surface area contributed by atoms with Crippen LogP contribution in [-0.4, -0.2) is 9.13 Å². The lowest BCUT2D eigenvalue weighted by Gasteiger charge is -2.22. The Balaban J connectivity index is 1.38. The Labute approximate surface area is 313 Å². The Hall–Kier alpha value is -6.88. The van der Waals surface area contributed by atoms with Gasteiger partial charge in [-0.1, -0.05) is 137 Å². The molecule has 254 valence electrons. The highest BCUT2D eigenvalue weighted by atomic mass is 15.1. The molecule has 2 aliphatic rings. The van der Waals surface area contributed by atoms with Crippen LogP contribution < -0.4 is 0 Å². The Morgan fingerprint density at radius 2 is 0.944 bits per heavy atom. The molecule has 0 unspecified atom stereocenters. The monoisotopic (exact) mass is 690 g/mol. The number of nitriles is 2. The third-order valence-corrected chi connectivity index (χ3v) is 12.6. The van der Waals surface area contributed by atoms with E-state index in [1.165, 1.54) is 44.5 Å². The molecule has 4 nitrogen and oxygen atoms in total. The van der Waals surface area contributed by atoms with Crippen molar-refractivity contribution >= 4 is 43.6 Å². The Morgan fingerprint density at radius 1 is 0.463 bits per heavy atom. The highest BCUT2D eigenvalue weighted by Crippen LogP contribution is 2.55. The summed E-state index contributed by atoms with van der Waals surface area (Å²) in [5, 5.41) is 26.2. The van der Waals surface area contributed by atoms with Gasteiger partial charge in [-0.25, -0.2) is 0 Å². The van der Waals surface area contributed by atoms with E-state index >= 15 is 0 Å². The maximum Gasteiger partial charge on any atom is 0.101 e. The molecule has 0 spiro atoms. The number of para-hydroxylation sites is 2. The van der Waals surface area contributed by atoms with Gasteiger partial charge in [0.15, 0.2) is 0 Å². The van der Waals surface area contributed by atoms with Crippen LogP contribution in [0, 0.1) is 22.7 Å². The number of aromatic nitrogens is 2. The molecule has 9 aromatic rings. The number of rotatable bonds is 2. The first-order chi connectivity index (χ1) is 26.3. The molecule has 0 saturated carbocycles. The summed E-state index contributed by atoms with van der Waals surface area (Å²) in [6, 6.07) is 52.5. The van der Waals surface area contributed by atoms with Crippen LogP contribution in [-0.2, 0) is 10.8 Å². The minimum Gasteiger partial charge on any atom is -0.306 e. The summed E-state index contributed by atoms with van der Waals surface area (Å²) in [7, 11) is 0. The van der Waals surface area contributed by atoms with Gasteiger partial charge in [-0.2, -0.15) is 10.5 Å². The Bertz CT molecular complexity index is 3240. The van der Waals surface area contributed by atoms with Gasteiger partial charge >= 0.3 is 0 Å². The third-order valence-electron chi connectivity index (χ3n) is 12.6. The van der Waals surface area contributed by atoms with E-state index in [4.69, 9.17) is 0 Å². The fraction of sp³-hybridized carbons (Fsp3) is 0.120. The largest absolute Gasteiger partial charge is 0.306 e. The van der Waals surface area contributed by atoms with E-state index in [0.717, 1.165) is 55.0 Å². The maximum absolute atomic E-state index is 11.1. The average Bonchev–Trinajstić information content (AvgIpc) is 3.86. The summed E-state index contributed by atoms with van der Waals surface area (Å²) < 4.78 is 4.68. The van der Waals surface area contributed by atoms with Crippen molar-refractivity contribution in [1.82, 2.24) is 9.13 Å². The van der Waals surface area contributed by atoms with Crippen molar-refractivity contribution < 1.29 is 0 Å². The van der Waals surface area contributed by atoms with Gasteiger partial charge in [-0.15, -0.1) is 0 Å². The summed E-state index contributed by atoms with van der Waals surface area (Å²) in [6.07, 6.45) is 0. The molecule has 2 aromatic heterocycles. The van der Waals surface area contributed by atoms with Crippen LogP contribution >= 0.6 is 0 Å². The molecule has 54 heavy (non-hydrogen) atoms. The van der Waals surface area contributed by atoms with Gasteiger partial charge in [0.05, 0.1) is 50.6 Å². The van der Waals surface area contributed by atoms with E-state index in [1.54, 1.807) is 6.07 Å². The van der Waals surface area contributed by atoms with Crippen molar-refractivity contribution in [3.05, 3.63) is 167 Å². The van der Waals surface area contributed by atoms with Gasteiger partial charge in [-0.05, 0) is 57.6 Å². The highest BCUT2D eigenvalue weighted by Gasteiger charge is 2.40. The first-order valence-corrected chi connectivity index (χ1v) is 18.6. The quantitative estimate of drug-likeness (QED) is 0.181. The first kappa shape index (κ1) is 30.7. The van der Waals surface area contributed by atoms with Gasteiger partial charge < -0.3 is 9.13 Å². The first-order valence-electron chi connectivity index (χ1n) is 18.6. The second kappa shape index (κ2) is 10.4. The second-order valence-corrected chi connectivity index (χ2v) is 15.9. The number of hydrogen-bond donors (Lipinski definition) is 0. The molecule has 11 rings (SSSR count). The summed E-state index contributed by atoms with van der Waals surface area (Å²) in [4.78, 5) is 0. The van der Waals surface area contributed by atoms with Crippen molar-refractivity contribution in [3.8, 4) is 45.8 Å². The molecule has 0 bridgehead atoms. The minimum atomic E-state index is -0.208. The summed E-state index contributed by atoms with van der Waals surface area (Å²) in [5.74, 6) is 0. The van der Waals surface area contributed by atoms with Gasteiger partial charge in [-0.3, -0.25) is 0 Å². The van der Waals surface area contributed by atoms with E-state index in [2.05, 4.69) is 170 Å². The smallest absolute Gasteiger partial charge is 0.101 e. The van der Waals surface area contributed by atoms with Gasteiger partial charge in [0.1, 0.15) is 6.07 Å². The molecule has 7 aromatic carbocycles. The lowest BCUT2D eigenvalue weighted by atomic mass is 9.82. The fourth-order valence-corrected chi connectivity index (χ4v) is 10.1. The van der Waals surface area contributed by atoms with Crippen molar-refractivity contribution in [2.24, 2.45) is 0 Å². The van der Waals surface area contributed by atoms with E-state index in [9.17, 15) is 10.5 Å². The van der Waals surface area contributed by atoms with Crippen LogP contribution in [0.4, 0.5) is 0 Å². The second-order valence-electron chi connectivity index (χ2n) is 15.9. The predicted molar refractivity (Wildman–Crippen MR) is 220 cm³/mol. The minimum absolute atomic E-state index is 0.204. The van der Waals surface area contributed by atoms with Crippen molar-refractivity contribution in [3.63, 3.8) is 0 Å². The zero-order valence-electron chi connectivity index (χ0n) is 30.5. The van der Waals surface area contributed by atoms with Gasteiger partial charge in [0.25, 0.3) is 0 Å². The Morgan fingerprint density at radius 3 is 1.48 bits per heavy atom. The van der Waals surface area contributed by atoms with E-state index in [1.807, 2.05) is 6.07 Å². The van der Waals surface area contributed by atoms with Crippen LogP contribution in [0.3, 0.4) is 0 Å². The molecule has 0 fully saturated rings. The number of fused-ring (bicyclic) bond motifs is 14. The molecule has 0 amide bonds. The topological polar surface area (TPSA) is 57.4 Å². The number of benzene rings is 7. The molecular weight excluding hydrogens is 657 g/mol. The average molecular weight is 691 g/mol. The Kier molecular flexibility index (Phi) is 5.90. The van der Waals surface area contributed by atoms with Crippen LogP contribution in [0.2, 0.25) is 0 Å². The highest BCUT2D eigenvalue weighted by molar-refractivity contribution is 6.18. The van der Waals surface area contributed by atoms with Crippen molar-refractivity contribution in [2.45, 2.75) is 38.5 Å². The summed E-state index contributed by atoms with van der Waals surface area (Å²) >= 11 is 0. The molecule has 0 N–H and O–H groups in total. The molecule has 2 heterocycles. The fourth-order valence-electron chi connectivity index (χ4n) is 10.1. The predicted octanol–water partition coefficient (Wildman–Crippen LogP) is 12.2. The zero-order valence-corrected chi connectivity index (χ0v) is 30.5. The molecule has 0 radical (unpaired) electrons. The molecule has 0 saturated heterocycles. The van der Waals surface area contributed by atoms with Crippen LogP contribution in [0.1, 0.15) is 61.1 Å². The summed E-state index contributed by atoms with van der Waals surface area (Å²) in [5.41, 5.74) is 16.2. The van der Waals surface area contributed by atoms with E-state index in [0.29, 0.717) is 11.1 Å². The number of nitrogens with zero attached hydrogens (tertiary/aromatic N) is 4. The van der Waals surface area contributed by atoms with Crippen LogP contribution in [0.5, 0.6) is 0 Å². The third kappa shape index (κ3) is 3.65. The number of hydrogen-bond acceptors (Lipinski definition) is 2. The maximum atomic E-state index is 11.1. The van der Waals surface area contributed by atoms with Crippen molar-refractivity contribution in [2.75, 3.05) is 0 Å². The SMILES string of the molecule is CC1(C)c2ccccc2-c2c1ccc1c3ccccc3n(-c3cc(C#N)cc(C#N)c3-n3c4ccccc4c4ccc5c(c43)-c3ccccc3C5(C)C)c21. The van der Waals surface area contributed by atoms with Crippen LogP contribution in [0.25, 0.3) is 77.2 Å². The molecule has 2 aliphatic carbocycles. The zero-order chi connectivity index (χ0) is 36.7. The van der Waals surface area contributed by atoms with E-state index in [-0.39, 0.29) is 10.8 Å². The molecular formula is C50H34N4. The van der Waals surface area contributed by atoms with Crippen molar-refractivity contribution in [1.29, 1.82) is 10.5 Å². The normalized spacial score (nSPS) is 14.6. The lowest BCUT2D eigenvalue weighted by Crippen LogP contribution is -2.15. The molecule has 0 atom stereocenters. The lowest BCUT2D eigenvalue weighted by molar-refractivity contribution is 0.660. The standard InChI is InChI=1S/C50H34N4/c1-49(2)37-17-9-5-15-35(37)44-39(49)23-21-33-31-13-7-11-19-41(31)53(47(33)44)43-26-29(27-51)25-30(28-52)46(43)54-42-20-12-8-14-32(42)34-22-24-40-45(48(34)54)36-16-6-10-18-38(36)50(40,3)4/h5-26H,1-4H3. The van der Waals surface area contributed by atoms with Gasteiger partial charge in [0, 0.05) is 43.5 Å². The van der Waals surface area contributed by atoms with Crippen LogP contribution in [0.15, 0.2) is 133 Å². The molecule has 4 heteroatoms.